The molecule has 0 radical (unpaired) electrons. The van der Waals surface area contributed by atoms with Crippen LogP contribution in [0.5, 0.6) is 0 Å². The van der Waals surface area contributed by atoms with Gasteiger partial charge in [-0.05, 0) is 59.9 Å². The number of amides is 1. The van der Waals surface area contributed by atoms with Gasteiger partial charge in [-0.1, -0.05) is 36.4 Å². The highest BCUT2D eigenvalue weighted by Crippen LogP contribution is 2.20. The summed E-state index contributed by atoms with van der Waals surface area (Å²) >= 11 is 0. The lowest BCUT2D eigenvalue weighted by Crippen LogP contribution is -2.21. The highest BCUT2D eigenvalue weighted by molar-refractivity contribution is 6.06. The number of halogens is 3. The molecule has 3 rings (SSSR count). The van der Waals surface area contributed by atoms with Gasteiger partial charge in [0, 0.05) is 18.5 Å². The van der Waals surface area contributed by atoms with Crippen LogP contribution in [0.15, 0.2) is 79.1 Å². The van der Waals surface area contributed by atoms with Crippen LogP contribution in [0.1, 0.15) is 27.0 Å². The van der Waals surface area contributed by atoms with Crippen LogP contribution >= 0.6 is 0 Å². The van der Waals surface area contributed by atoms with Crippen molar-refractivity contribution < 1.29 is 37.8 Å². The number of alkyl halides is 3. The van der Waals surface area contributed by atoms with Crippen molar-refractivity contribution in [2.24, 2.45) is 0 Å². The maximum absolute atomic E-state index is 12.2. The summed E-state index contributed by atoms with van der Waals surface area (Å²) in [4.78, 5) is 36.6. The Labute approximate surface area is 198 Å². The maximum Gasteiger partial charge on any atom is 0.490 e. The first-order chi connectivity index (χ1) is 16.6. The average molecular weight is 486 g/mol. The van der Waals surface area contributed by atoms with Gasteiger partial charge in [-0.25, -0.2) is 9.59 Å². The van der Waals surface area contributed by atoms with Crippen LogP contribution in [-0.4, -0.2) is 39.2 Å². The molecule has 0 unspecified atom stereocenters. The molecule has 7 nitrogen and oxygen atoms in total. The fourth-order valence-electron chi connectivity index (χ4n) is 2.79. The number of nitrogens with one attached hydrogen (secondary N) is 1. The van der Waals surface area contributed by atoms with Crippen molar-refractivity contribution in [3.8, 4) is 0 Å². The number of carbonyl (C=O) groups is 3. The summed E-state index contributed by atoms with van der Waals surface area (Å²) in [6.07, 6.45) is 2.79. The van der Waals surface area contributed by atoms with Crippen molar-refractivity contribution in [2.45, 2.75) is 19.0 Å². The zero-order chi connectivity index (χ0) is 25.8. The summed E-state index contributed by atoms with van der Waals surface area (Å²) in [5.41, 5.74) is 3.36. The molecule has 0 aliphatic heterocycles. The van der Waals surface area contributed by atoms with Crippen LogP contribution in [0.25, 0.3) is 6.08 Å². The Hall–Kier alpha value is -4.47. The molecule has 10 heteroatoms. The van der Waals surface area contributed by atoms with Gasteiger partial charge < -0.3 is 15.5 Å². The Morgan fingerprint density at radius 1 is 0.886 bits per heavy atom. The fourth-order valence-corrected chi connectivity index (χ4v) is 2.79. The first kappa shape index (κ1) is 26.8. The molecule has 3 N–H and O–H groups in total. The van der Waals surface area contributed by atoms with Crippen LogP contribution < -0.4 is 5.32 Å². The number of aromatic nitrogens is 1. The van der Waals surface area contributed by atoms with Gasteiger partial charge in [0.05, 0.1) is 11.3 Å². The van der Waals surface area contributed by atoms with Gasteiger partial charge in [-0.15, -0.1) is 0 Å². The minimum absolute atomic E-state index is 0.0640. The van der Waals surface area contributed by atoms with E-state index < -0.39 is 18.1 Å². The highest BCUT2D eigenvalue weighted by atomic mass is 19.4. The minimum atomic E-state index is -5.08. The summed E-state index contributed by atoms with van der Waals surface area (Å²) in [6, 6.07) is 18.7. The molecule has 1 amide bonds. The van der Waals surface area contributed by atoms with Crippen molar-refractivity contribution >= 4 is 29.6 Å². The highest BCUT2D eigenvalue weighted by Gasteiger charge is 2.38. The van der Waals surface area contributed by atoms with Gasteiger partial charge in [0.25, 0.3) is 0 Å². The van der Waals surface area contributed by atoms with Crippen molar-refractivity contribution in [3.05, 3.63) is 101 Å². The van der Waals surface area contributed by atoms with Gasteiger partial charge >= 0.3 is 18.1 Å². The number of carbonyl (C=O) groups excluding carboxylic acids is 1. The third kappa shape index (κ3) is 9.50. The van der Waals surface area contributed by atoms with E-state index >= 15 is 0 Å². The van der Waals surface area contributed by atoms with E-state index in [0.29, 0.717) is 5.69 Å². The Bertz CT molecular complexity index is 1180. The van der Waals surface area contributed by atoms with Crippen LogP contribution in [0.2, 0.25) is 0 Å². The minimum Gasteiger partial charge on any atom is -0.478 e. The monoisotopic (exact) mass is 486 g/mol. The number of pyridine rings is 1. The summed E-state index contributed by atoms with van der Waals surface area (Å²) in [7, 11) is 0. The van der Waals surface area contributed by atoms with Gasteiger partial charge in [0.15, 0.2) is 0 Å². The normalized spacial score (nSPS) is 10.8. The summed E-state index contributed by atoms with van der Waals surface area (Å²) in [5, 5.41) is 19.2. The molecule has 1 heterocycles. The molecule has 2 aromatic carbocycles. The van der Waals surface area contributed by atoms with Gasteiger partial charge in [0.1, 0.15) is 0 Å². The van der Waals surface area contributed by atoms with Crippen LogP contribution in [0.3, 0.4) is 0 Å². The zero-order valence-corrected chi connectivity index (χ0v) is 18.2. The van der Waals surface area contributed by atoms with Crippen LogP contribution in [-0.2, 0) is 22.4 Å². The molecule has 0 atom stereocenters. The molecule has 0 bridgehead atoms. The summed E-state index contributed by atoms with van der Waals surface area (Å²) in [5.74, 6) is -4.23. The molecule has 35 heavy (non-hydrogen) atoms. The topological polar surface area (TPSA) is 117 Å². The molecule has 1 aromatic heterocycles. The quantitative estimate of drug-likeness (QED) is 0.411. The van der Waals surface area contributed by atoms with Crippen molar-refractivity contribution in [1.29, 1.82) is 0 Å². The number of rotatable bonds is 7. The number of hydrogen-bond acceptors (Lipinski definition) is 4. The summed E-state index contributed by atoms with van der Waals surface area (Å²) < 4.78 is 31.7. The number of benzene rings is 2. The van der Waals surface area contributed by atoms with Crippen LogP contribution in [0.4, 0.5) is 18.9 Å². The van der Waals surface area contributed by atoms with Gasteiger partial charge in [-0.3, -0.25) is 9.78 Å². The third-order valence-corrected chi connectivity index (χ3v) is 4.49. The first-order valence-corrected chi connectivity index (χ1v) is 10.2. The standard InChI is InChI=1S/C23H20N2O3.C2HF3O2/c26-22(11-9-18-12-14-24-15-13-18)25-21-16-19(8-10-20(21)23(27)28)7-6-17-4-2-1-3-5-17;3-2(4,5)1(6)7/h1-5,8-16H,6-7H2,(H,25,26)(H,27,28);(H,6,7). The third-order valence-electron chi connectivity index (χ3n) is 4.49. The molecular weight excluding hydrogens is 465 g/mol. The van der Waals surface area contributed by atoms with E-state index in [1.54, 1.807) is 42.7 Å². The Morgan fingerprint density at radius 3 is 2.06 bits per heavy atom. The number of nitrogens with zero attached hydrogens (tertiary/aromatic N) is 1. The molecule has 0 spiro atoms. The molecule has 0 saturated heterocycles. The van der Waals surface area contributed by atoms with E-state index in [0.717, 1.165) is 24.0 Å². The van der Waals surface area contributed by atoms with E-state index in [-0.39, 0.29) is 11.5 Å². The Morgan fingerprint density at radius 2 is 1.49 bits per heavy atom. The predicted molar refractivity (Wildman–Crippen MR) is 123 cm³/mol. The summed E-state index contributed by atoms with van der Waals surface area (Å²) in [6.45, 7) is 0. The number of anilines is 1. The van der Waals surface area contributed by atoms with Gasteiger partial charge in [-0.2, -0.15) is 13.2 Å². The zero-order valence-electron chi connectivity index (χ0n) is 18.2. The van der Waals surface area contributed by atoms with Crippen molar-refractivity contribution in [2.75, 3.05) is 5.32 Å². The lowest BCUT2D eigenvalue weighted by atomic mass is 10.0. The molecule has 0 fully saturated rings. The molecule has 182 valence electrons. The number of carboxylic acids is 2. The Kier molecular flexibility index (Phi) is 9.71. The van der Waals surface area contributed by atoms with E-state index in [4.69, 9.17) is 9.90 Å². The molecule has 0 aliphatic carbocycles. The average Bonchev–Trinajstić information content (AvgIpc) is 2.82. The second kappa shape index (κ2) is 12.7. The lowest BCUT2D eigenvalue weighted by molar-refractivity contribution is -0.192. The number of aliphatic carboxylic acids is 1. The molecule has 3 aromatic rings. The van der Waals surface area contributed by atoms with E-state index in [1.165, 1.54) is 17.7 Å². The number of hydrogen-bond donors (Lipinski definition) is 3. The van der Waals surface area contributed by atoms with E-state index in [1.807, 2.05) is 18.2 Å². The second-order valence-electron chi connectivity index (χ2n) is 7.08. The predicted octanol–water partition coefficient (Wildman–Crippen LogP) is 4.85. The number of aromatic carboxylic acids is 1. The molecule has 0 saturated carbocycles. The Balaban J connectivity index is 0.000000540. The van der Waals surface area contributed by atoms with Crippen molar-refractivity contribution in [1.82, 2.24) is 4.98 Å². The van der Waals surface area contributed by atoms with Crippen molar-refractivity contribution in [3.63, 3.8) is 0 Å². The van der Waals surface area contributed by atoms with E-state index in [2.05, 4.69) is 22.4 Å². The van der Waals surface area contributed by atoms with Crippen LogP contribution in [0, 0.1) is 0 Å². The number of aryl methyl sites for hydroxylation is 2. The van der Waals surface area contributed by atoms with Gasteiger partial charge in [0.2, 0.25) is 5.91 Å². The first-order valence-electron chi connectivity index (χ1n) is 10.2. The lowest BCUT2D eigenvalue weighted by Gasteiger charge is -2.10. The molecular formula is C25H21F3N2O5. The molecule has 0 aliphatic rings. The SMILES string of the molecule is O=C(C=Cc1ccncc1)Nc1cc(CCc2ccccc2)ccc1C(=O)O.O=C(O)C(F)(F)F. The smallest absolute Gasteiger partial charge is 0.478 e. The van der Waals surface area contributed by atoms with E-state index in [9.17, 15) is 27.9 Å². The second-order valence-corrected chi connectivity index (χ2v) is 7.08. The largest absolute Gasteiger partial charge is 0.490 e. The maximum atomic E-state index is 12.2. The number of carboxylic acid groups (broad SMARTS) is 2. The fraction of sp³-hybridized carbons (Fsp3) is 0.120.